The third-order valence-electron chi connectivity index (χ3n) is 6.89. The molecule has 2 aliphatic heterocycles. The van der Waals surface area contributed by atoms with Crippen LogP contribution >= 0.6 is 0 Å². The molecule has 0 spiro atoms. The van der Waals surface area contributed by atoms with Crippen molar-refractivity contribution in [3.63, 3.8) is 0 Å². The van der Waals surface area contributed by atoms with Crippen LogP contribution in [0.15, 0.2) is 54.7 Å². The Morgan fingerprint density at radius 1 is 1.03 bits per heavy atom. The molecule has 3 heterocycles. The molecule has 1 saturated heterocycles. The lowest BCUT2D eigenvalue weighted by atomic mass is 10.1. The van der Waals surface area contributed by atoms with E-state index >= 15 is 0 Å². The maximum absolute atomic E-state index is 13.9. The van der Waals surface area contributed by atoms with Gasteiger partial charge in [-0.05, 0) is 51.0 Å². The van der Waals surface area contributed by atoms with Crippen LogP contribution in [0.4, 0.5) is 5.69 Å². The van der Waals surface area contributed by atoms with Gasteiger partial charge in [-0.1, -0.05) is 29.5 Å². The van der Waals surface area contributed by atoms with E-state index in [9.17, 15) is 9.59 Å². The number of rotatable bonds is 2. The van der Waals surface area contributed by atoms with Crippen LogP contribution in [-0.2, 0) is 24.4 Å². The smallest absolute Gasteiger partial charge is 0.254 e. The first-order valence-electron chi connectivity index (χ1n) is 12.5. The summed E-state index contributed by atoms with van der Waals surface area (Å²) in [6.07, 6.45) is 4.02. The van der Waals surface area contributed by atoms with Gasteiger partial charge >= 0.3 is 0 Å². The number of aromatic nitrogens is 3. The Balaban J connectivity index is 1.47. The number of amides is 2. The lowest BCUT2D eigenvalue weighted by Crippen LogP contribution is -2.34. The molecule has 9 nitrogen and oxygen atoms in total. The zero-order valence-electron chi connectivity index (χ0n) is 20.8. The molecule has 2 unspecified atom stereocenters. The van der Waals surface area contributed by atoms with Gasteiger partial charge in [-0.15, -0.1) is 5.10 Å². The highest BCUT2D eigenvalue weighted by atomic mass is 16.5. The highest BCUT2D eigenvalue weighted by Gasteiger charge is 2.28. The Hall–Kier alpha value is -3.88. The molecular formula is C27H32N6O3. The van der Waals surface area contributed by atoms with Crippen LogP contribution < -0.4 is 15.0 Å². The van der Waals surface area contributed by atoms with Crippen LogP contribution in [0.2, 0.25) is 0 Å². The molecule has 5 rings (SSSR count). The molecule has 36 heavy (non-hydrogen) atoms. The van der Waals surface area contributed by atoms with E-state index in [1.165, 1.54) is 4.68 Å². The van der Waals surface area contributed by atoms with E-state index in [0.717, 1.165) is 24.1 Å². The van der Waals surface area contributed by atoms with Crippen LogP contribution in [0.5, 0.6) is 5.75 Å². The van der Waals surface area contributed by atoms with Crippen molar-refractivity contribution in [3.8, 4) is 5.75 Å². The second-order valence-corrected chi connectivity index (χ2v) is 9.61. The van der Waals surface area contributed by atoms with Crippen molar-refractivity contribution >= 4 is 17.5 Å². The number of fused-ring (bicyclic) bond motifs is 3. The molecule has 1 N–H and O–H groups in total. The molecule has 2 aromatic carbocycles. The Labute approximate surface area is 211 Å². The van der Waals surface area contributed by atoms with Crippen LogP contribution in [0.1, 0.15) is 48.3 Å². The fourth-order valence-electron chi connectivity index (χ4n) is 5.10. The average molecular weight is 489 g/mol. The van der Waals surface area contributed by atoms with Crippen molar-refractivity contribution in [3.05, 3.63) is 71.5 Å². The summed E-state index contributed by atoms with van der Waals surface area (Å²) in [6, 6.07) is 16.5. The summed E-state index contributed by atoms with van der Waals surface area (Å²) in [7, 11) is 0. The van der Waals surface area contributed by atoms with Crippen molar-refractivity contribution < 1.29 is 14.3 Å². The number of carbonyl (C=O) groups excluding carboxylic acids is 2. The van der Waals surface area contributed by atoms with E-state index in [1.54, 1.807) is 11.1 Å². The highest BCUT2D eigenvalue weighted by molar-refractivity contribution is 5.95. The summed E-state index contributed by atoms with van der Waals surface area (Å²) >= 11 is 0. The van der Waals surface area contributed by atoms with E-state index < -0.39 is 0 Å². The number of hydrogen-bond donors (Lipinski definition) is 1. The monoisotopic (exact) mass is 488 g/mol. The third-order valence-corrected chi connectivity index (χ3v) is 6.89. The number of nitrogens with zero attached hydrogens (tertiary/aromatic N) is 5. The van der Waals surface area contributed by atoms with Gasteiger partial charge in [0.05, 0.1) is 25.8 Å². The Morgan fingerprint density at radius 2 is 1.83 bits per heavy atom. The number of ether oxygens (including phenoxy) is 1. The number of anilines is 1. The first kappa shape index (κ1) is 23.8. The Kier molecular flexibility index (Phi) is 6.88. The number of nitrogens with one attached hydrogen (secondary N) is 1. The highest BCUT2D eigenvalue weighted by Crippen LogP contribution is 2.31. The van der Waals surface area contributed by atoms with Gasteiger partial charge in [-0.2, -0.15) is 0 Å². The zero-order chi connectivity index (χ0) is 25.1. The van der Waals surface area contributed by atoms with Gasteiger partial charge in [0.2, 0.25) is 5.91 Å². The average Bonchev–Trinajstić information content (AvgIpc) is 3.46. The van der Waals surface area contributed by atoms with Crippen LogP contribution in [0.3, 0.4) is 0 Å². The zero-order valence-corrected chi connectivity index (χ0v) is 20.8. The lowest BCUT2D eigenvalue weighted by molar-refractivity contribution is -0.122. The van der Waals surface area contributed by atoms with Gasteiger partial charge < -0.3 is 19.9 Å². The topological polar surface area (TPSA) is 92.6 Å². The maximum Gasteiger partial charge on any atom is 0.254 e. The summed E-state index contributed by atoms with van der Waals surface area (Å²) in [6.45, 7) is 5.85. The molecule has 0 radical (unpaired) electrons. The van der Waals surface area contributed by atoms with Gasteiger partial charge in [0.1, 0.15) is 24.6 Å². The summed E-state index contributed by atoms with van der Waals surface area (Å²) in [5, 5.41) is 11.1. The number of para-hydroxylation sites is 1. The largest absolute Gasteiger partial charge is 0.491 e. The molecule has 0 saturated carbocycles. The summed E-state index contributed by atoms with van der Waals surface area (Å²) in [5.41, 5.74) is 3.20. The van der Waals surface area contributed by atoms with Crippen molar-refractivity contribution in [2.24, 2.45) is 0 Å². The van der Waals surface area contributed by atoms with Crippen molar-refractivity contribution in [1.82, 2.24) is 25.2 Å². The molecule has 1 aromatic heterocycles. The SMILES string of the molecule is CC1CCC(C)N1c1cccc(C(=O)N2Cc3cn(nn3)CC(=O)NCCOc3ccccc3C2)c1. The summed E-state index contributed by atoms with van der Waals surface area (Å²) in [4.78, 5) is 30.3. The van der Waals surface area contributed by atoms with Gasteiger partial charge in [-0.25, -0.2) is 4.68 Å². The first-order valence-corrected chi connectivity index (χ1v) is 12.5. The van der Waals surface area contributed by atoms with E-state index in [-0.39, 0.29) is 24.9 Å². The van der Waals surface area contributed by atoms with E-state index in [4.69, 9.17) is 4.74 Å². The maximum atomic E-state index is 13.9. The molecule has 0 aliphatic carbocycles. The Morgan fingerprint density at radius 3 is 2.67 bits per heavy atom. The second kappa shape index (κ2) is 10.4. The molecule has 188 valence electrons. The molecule has 2 amide bonds. The molecule has 3 aromatic rings. The quantitative estimate of drug-likeness (QED) is 0.596. The van der Waals surface area contributed by atoms with Crippen LogP contribution in [0.25, 0.3) is 0 Å². The van der Waals surface area contributed by atoms with E-state index in [2.05, 4.69) is 40.4 Å². The molecular weight excluding hydrogens is 456 g/mol. The molecule has 2 bridgehead atoms. The summed E-state index contributed by atoms with van der Waals surface area (Å²) < 4.78 is 7.45. The minimum atomic E-state index is -0.171. The molecule has 2 atom stereocenters. The minimum Gasteiger partial charge on any atom is -0.491 e. The van der Waals surface area contributed by atoms with Gasteiger partial charge in [0.15, 0.2) is 0 Å². The van der Waals surface area contributed by atoms with E-state index in [0.29, 0.717) is 48.8 Å². The first-order chi connectivity index (χ1) is 17.5. The van der Waals surface area contributed by atoms with Gasteiger partial charge in [0, 0.05) is 28.9 Å². The van der Waals surface area contributed by atoms with Gasteiger partial charge in [-0.3, -0.25) is 9.59 Å². The van der Waals surface area contributed by atoms with Gasteiger partial charge in [0.25, 0.3) is 5.91 Å². The molecule has 1 fully saturated rings. The minimum absolute atomic E-state index is 0.0613. The van der Waals surface area contributed by atoms with Crippen molar-refractivity contribution in [2.45, 2.75) is 58.4 Å². The van der Waals surface area contributed by atoms with Crippen LogP contribution in [-0.4, -0.2) is 56.9 Å². The number of benzene rings is 2. The summed E-state index contributed by atoms with van der Waals surface area (Å²) in [5.74, 6) is 0.430. The fourth-order valence-corrected chi connectivity index (χ4v) is 5.10. The predicted octanol–water partition coefficient (Wildman–Crippen LogP) is 3.01. The number of carbonyl (C=O) groups is 2. The second-order valence-electron chi connectivity index (χ2n) is 9.61. The third kappa shape index (κ3) is 5.19. The normalized spacial score (nSPS) is 20.8. The molecule has 2 aliphatic rings. The fraction of sp³-hybridized carbons (Fsp3) is 0.407. The predicted molar refractivity (Wildman–Crippen MR) is 136 cm³/mol. The van der Waals surface area contributed by atoms with Crippen molar-refractivity contribution in [1.29, 1.82) is 0 Å². The van der Waals surface area contributed by atoms with Crippen molar-refractivity contribution in [2.75, 3.05) is 18.1 Å². The standard InChI is InChI=1S/C27H32N6O3/c1-19-10-11-20(2)33(19)24-8-5-7-21(14-24)27(35)31-15-22-6-3-4-9-25(22)36-13-12-28-26(34)18-32-17-23(16-31)29-30-32/h3-9,14,17,19-20H,10-13,15-16,18H2,1-2H3,(H,28,34). The number of hydrogen-bond acceptors (Lipinski definition) is 6. The lowest BCUT2D eigenvalue weighted by Gasteiger charge is -2.29. The van der Waals surface area contributed by atoms with E-state index in [1.807, 2.05) is 42.5 Å². The molecule has 9 heteroatoms. The van der Waals surface area contributed by atoms with Crippen LogP contribution in [0, 0.1) is 0 Å². The Bertz CT molecular complexity index is 1230.